The molecule has 1 aromatic carbocycles. The second kappa shape index (κ2) is 37.7. The number of hydrogen-bond donors (Lipinski definition) is 14. The van der Waals surface area contributed by atoms with Crippen LogP contribution in [-0.2, 0) is 54.9 Å². The van der Waals surface area contributed by atoms with Crippen molar-refractivity contribution in [1.29, 1.82) is 0 Å². The van der Waals surface area contributed by atoms with Crippen LogP contribution < -0.4 is 77.8 Å². The van der Waals surface area contributed by atoms with E-state index in [4.69, 9.17) is 45.9 Å². The molecule has 0 bridgehead atoms. The predicted octanol–water partition coefficient (Wildman–Crippen LogP) is -2.43. The molecule has 26 heteroatoms. The Morgan fingerprint density at radius 1 is 0.408 bits per heavy atom. The Kier molecular flexibility index (Phi) is 31.9. The molecule has 0 spiro atoms. The van der Waals surface area contributed by atoms with E-state index in [1.54, 1.807) is 21.8 Å². The van der Waals surface area contributed by atoms with Crippen LogP contribution in [0, 0.1) is 0 Å². The minimum absolute atomic E-state index is 0.0748. The highest BCUT2D eigenvalue weighted by Crippen LogP contribution is 2.11. The van der Waals surface area contributed by atoms with Crippen molar-refractivity contribution in [2.75, 3.05) is 39.3 Å². The average Bonchev–Trinajstić information content (AvgIpc) is 4.07. The lowest BCUT2D eigenvalue weighted by atomic mass is 10.1. The Morgan fingerprint density at radius 2 is 0.724 bits per heavy atom. The average molecular weight is 1070 g/mol. The molecule has 0 fully saturated rings. The summed E-state index contributed by atoms with van der Waals surface area (Å²) < 4.78 is 3.31. The smallest absolute Gasteiger partial charge is 0.242 e. The van der Waals surface area contributed by atoms with Gasteiger partial charge in [0.05, 0.1) is 62.7 Å². The van der Waals surface area contributed by atoms with E-state index in [-0.39, 0.29) is 24.9 Å². The largest absolute Gasteiger partial charge is 0.355 e. The first-order valence-electron chi connectivity index (χ1n) is 27.1. The zero-order chi connectivity index (χ0) is 55.5. The molecular weight excluding hydrogens is 977 g/mol. The summed E-state index contributed by atoms with van der Waals surface area (Å²) in [5, 5.41) is 34.0. The van der Waals surface area contributed by atoms with Crippen LogP contribution in [0.3, 0.4) is 0 Å². The first-order valence-corrected chi connectivity index (χ1v) is 27.1. The third kappa shape index (κ3) is 26.2. The van der Waals surface area contributed by atoms with Crippen LogP contribution in [0.4, 0.5) is 0 Å². The van der Waals surface area contributed by atoms with Gasteiger partial charge in [-0.2, -0.15) is 0 Å². The third-order valence-corrected chi connectivity index (χ3v) is 12.7. The number of carbonyl (C=O) groups is 6. The van der Waals surface area contributed by atoms with E-state index in [2.05, 4.69) is 52.5 Å². The van der Waals surface area contributed by atoms with E-state index in [0.29, 0.717) is 141 Å². The van der Waals surface area contributed by atoms with E-state index >= 15 is 0 Å². The standard InChI is InChI=1S/C50H90N20O6/c51-23-7-1-13-39(55)45(71)59-27-11-5-17-43(63-47(73)41(57)15-3-9-25-53)49(75)61-29-37-33-69(67-65-37)31-35-19-21-36(22-20-35)32-70-34-38(66-68-70)30-62-50(76)44(64-48(74)42(58)16-4-10-26-54)18-6-12-28-60-46(72)40(56)14-2-8-24-52/h19-22,33-34,39-44H,1-18,23-32,51-58H2,(H,59,71)(H,60,72)(H,61,75)(H,62,76)(H,63,73)(H,64,74)/t39-,40-,41-,42-,43-,44-/m0/s1. The number of unbranched alkanes of at least 4 members (excludes halogenated alkanes) is 6. The molecule has 0 unspecified atom stereocenters. The second-order valence-electron chi connectivity index (χ2n) is 19.3. The minimum atomic E-state index is -0.862. The Balaban J connectivity index is 1.51. The summed E-state index contributed by atoms with van der Waals surface area (Å²) in [5.41, 5.74) is 49.4. The molecule has 76 heavy (non-hydrogen) atoms. The quantitative estimate of drug-likeness (QED) is 0.0262. The van der Waals surface area contributed by atoms with Crippen molar-refractivity contribution in [2.45, 2.75) is 178 Å². The number of nitrogens with one attached hydrogen (secondary N) is 6. The fourth-order valence-corrected chi connectivity index (χ4v) is 8.01. The van der Waals surface area contributed by atoms with Gasteiger partial charge in [-0.05, 0) is 127 Å². The maximum absolute atomic E-state index is 13.5. The Morgan fingerprint density at radius 3 is 1.05 bits per heavy atom. The van der Waals surface area contributed by atoms with Crippen LogP contribution in [0.5, 0.6) is 0 Å². The molecule has 0 aliphatic rings. The van der Waals surface area contributed by atoms with Crippen LogP contribution in [0.15, 0.2) is 36.7 Å². The lowest BCUT2D eigenvalue weighted by molar-refractivity contribution is -0.130. The van der Waals surface area contributed by atoms with Crippen LogP contribution in [-0.4, -0.2) is 141 Å². The summed E-state index contributed by atoms with van der Waals surface area (Å²) >= 11 is 0. The van der Waals surface area contributed by atoms with Gasteiger partial charge in [0.1, 0.15) is 23.5 Å². The van der Waals surface area contributed by atoms with E-state index in [1.165, 1.54) is 0 Å². The van der Waals surface area contributed by atoms with Gasteiger partial charge in [0.25, 0.3) is 0 Å². The summed E-state index contributed by atoms with van der Waals surface area (Å²) in [6.45, 7) is 3.81. The SMILES string of the molecule is NCCCC[C@H](N)C(=O)NCCCC[C@H](NC(=O)[C@@H](N)CCCCN)C(=O)NCc1cn(Cc2ccc(Cn3cc(CNC(=O)[C@H](CCCCNC(=O)[C@@H](N)CCCCN)NC(=O)[C@@H](N)CCCCN)nn3)cc2)nn1. The van der Waals surface area contributed by atoms with Crippen molar-refractivity contribution in [2.24, 2.45) is 45.9 Å². The second-order valence-corrected chi connectivity index (χ2v) is 19.3. The molecule has 6 atom stereocenters. The number of rotatable bonds is 42. The number of hydrogen-bond acceptors (Lipinski definition) is 18. The highest BCUT2D eigenvalue weighted by atomic mass is 16.2. The maximum atomic E-state index is 13.5. The summed E-state index contributed by atoms with van der Waals surface area (Å²) in [6, 6.07) is 3.31. The summed E-state index contributed by atoms with van der Waals surface area (Å²) in [7, 11) is 0. The highest BCUT2D eigenvalue weighted by Gasteiger charge is 2.26. The normalized spacial score (nSPS) is 13.7. The molecule has 3 aromatic rings. The van der Waals surface area contributed by atoms with E-state index in [0.717, 1.165) is 49.7 Å². The third-order valence-electron chi connectivity index (χ3n) is 12.7. The van der Waals surface area contributed by atoms with Crippen LogP contribution in [0.2, 0.25) is 0 Å². The molecule has 0 radical (unpaired) electrons. The van der Waals surface area contributed by atoms with Crippen molar-refractivity contribution < 1.29 is 28.8 Å². The molecule has 0 aliphatic heterocycles. The van der Waals surface area contributed by atoms with Crippen LogP contribution in [0.25, 0.3) is 0 Å². The van der Waals surface area contributed by atoms with Gasteiger partial charge in [-0.25, -0.2) is 9.36 Å². The number of carbonyl (C=O) groups excluding carboxylic acids is 6. The maximum Gasteiger partial charge on any atom is 0.242 e. The lowest BCUT2D eigenvalue weighted by Gasteiger charge is -2.21. The number of aromatic nitrogens is 6. The number of amides is 6. The Hall–Kier alpha value is -6.00. The highest BCUT2D eigenvalue weighted by molar-refractivity contribution is 5.90. The molecule has 0 aliphatic carbocycles. The first kappa shape index (κ1) is 64.3. The zero-order valence-corrected chi connectivity index (χ0v) is 44.5. The molecule has 6 amide bonds. The topological polar surface area (TPSA) is 444 Å². The summed E-state index contributed by atoms with van der Waals surface area (Å²) in [4.78, 5) is 77.6. The van der Waals surface area contributed by atoms with Crippen molar-refractivity contribution in [3.05, 3.63) is 59.2 Å². The molecule has 2 aromatic heterocycles. The number of nitrogens with zero attached hydrogens (tertiary/aromatic N) is 6. The fraction of sp³-hybridized carbons (Fsp3) is 0.680. The molecule has 2 heterocycles. The van der Waals surface area contributed by atoms with Crippen molar-refractivity contribution in [3.8, 4) is 0 Å². The van der Waals surface area contributed by atoms with Gasteiger partial charge in [0.2, 0.25) is 35.4 Å². The first-order chi connectivity index (χ1) is 36.7. The minimum Gasteiger partial charge on any atom is -0.355 e. The molecular formula is C50H90N20O6. The van der Waals surface area contributed by atoms with Crippen molar-refractivity contribution >= 4 is 35.4 Å². The molecule has 426 valence electrons. The van der Waals surface area contributed by atoms with Gasteiger partial charge in [0, 0.05) is 13.1 Å². The predicted molar refractivity (Wildman–Crippen MR) is 289 cm³/mol. The lowest BCUT2D eigenvalue weighted by Crippen LogP contribution is -2.51. The van der Waals surface area contributed by atoms with E-state index in [9.17, 15) is 28.8 Å². The van der Waals surface area contributed by atoms with Gasteiger partial charge >= 0.3 is 0 Å². The van der Waals surface area contributed by atoms with Crippen LogP contribution in [0.1, 0.15) is 138 Å². The molecule has 0 saturated heterocycles. The van der Waals surface area contributed by atoms with Crippen molar-refractivity contribution in [3.63, 3.8) is 0 Å². The number of benzene rings is 1. The summed E-state index contributed by atoms with van der Waals surface area (Å²) in [6.07, 6.45) is 14.3. The van der Waals surface area contributed by atoms with E-state index < -0.39 is 59.9 Å². The molecule has 0 saturated carbocycles. The van der Waals surface area contributed by atoms with Gasteiger partial charge in [0.15, 0.2) is 0 Å². The zero-order valence-electron chi connectivity index (χ0n) is 44.5. The Labute approximate surface area is 447 Å². The van der Waals surface area contributed by atoms with E-state index in [1.807, 2.05) is 24.3 Å². The van der Waals surface area contributed by atoms with Gasteiger partial charge in [-0.1, -0.05) is 60.4 Å². The van der Waals surface area contributed by atoms with Crippen LogP contribution >= 0.6 is 0 Å². The van der Waals surface area contributed by atoms with Gasteiger partial charge < -0.3 is 77.8 Å². The molecule has 3 rings (SSSR count). The fourth-order valence-electron chi connectivity index (χ4n) is 8.01. The Bertz CT molecular complexity index is 1990. The monoisotopic (exact) mass is 1070 g/mol. The number of nitrogens with two attached hydrogens (primary N) is 8. The van der Waals surface area contributed by atoms with Gasteiger partial charge in [-0.3, -0.25) is 28.8 Å². The molecule has 26 nitrogen and oxygen atoms in total. The summed E-state index contributed by atoms with van der Waals surface area (Å²) in [5.74, 6) is -2.11. The van der Waals surface area contributed by atoms with Crippen molar-refractivity contribution in [1.82, 2.24) is 61.9 Å². The van der Waals surface area contributed by atoms with Gasteiger partial charge in [-0.15, -0.1) is 10.2 Å². The molecule has 22 N–H and O–H groups in total.